The summed E-state index contributed by atoms with van der Waals surface area (Å²) < 4.78 is 15.6. The third-order valence-electron chi connectivity index (χ3n) is 3.80. The first-order valence-corrected chi connectivity index (χ1v) is 9.96. The van der Waals surface area contributed by atoms with Crippen LogP contribution in [0.5, 0.6) is 5.75 Å². The Kier molecular flexibility index (Phi) is 7.39. The molecule has 2 rings (SSSR count). The fourth-order valence-electron chi connectivity index (χ4n) is 2.50. The van der Waals surface area contributed by atoms with E-state index in [1.165, 1.54) is 7.11 Å². The Morgan fingerprint density at radius 1 is 0.931 bits per heavy atom. The van der Waals surface area contributed by atoms with E-state index in [1.807, 2.05) is 0 Å². The molecule has 1 N–H and O–H groups in total. The molecule has 0 saturated carbocycles. The molecular formula is C21H25NO6S. The Balaban J connectivity index is 2.40. The number of nitrogens with one attached hydrogen (secondary N) is 1. The summed E-state index contributed by atoms with van der Waals surface area (Å²) in [5, 5.41) is 2.96. The molecule has 0 saturated heterocycles. The van der Waals surface area contributed by atoms with Crippen molar-refractivity contribution in [2.45, 2.75) is 46.8 Å². The molecular weight excluding hydrogens is 394 g/mol. The van der Waals surface area contributed by atoms with Gasteiger partial charge in [0.05, 0.1) is 24.9 Å². The van der Waals surface area contributed by atoms with Gasteiger partial charge in [-0.1, -0.05) is 0 Å². The van der Waals surface area contributed by atoms with E-state index in [0.717, 1.165) is 11.3 Å². The molecule has 0 fully saturated rings. The number of carbonyl (C=O) groups excluding carboxylic acids is 3. The zero-order chi connectivity index (χ0) is 21.7. The molecule has 1 amide bonds. The monoisotopic (exact) mass is 419 g/mol. The molecule has 1 aromatic carbocycles. The lowest BCUT2D eigenvalue weighted by Crippen LogP contribution is -2.17. The molecule has 156 valence electrons. The van der Waals surface area contributed by atoms with Gasteiger partial charge in [-0.3, -0.25) is 4.79 Å². The molecule has 0 atom stereocenters. The first-order valence-electron chi connectivity index (χ1n) is 9.14. The van der Waals surface area contributed by atoms with E-state index >= 15 is 0 Å². The predicted molar refractivity (Wildman–Crippen MR) is 111 cm³/mol. The number of ether oxygens (including phenoxy) is 3. The number of hydrogen-bond donors (Lipinski definition) is 1. The average molecular weight is 419 g/mol. The van der Waals surface area contributed by atoms with Crippen molar-refractivity contribution in [3.05, 3.63) is 45.8 Å². The van der Waals surface area contributed by atoms with Crippen molar-refractivity contribution in [2.24, 2.45) is 0 Å². The van der Waals surface area contributed by atoms with Gasteiger partial charge in [0.2, 0.25) is 0 Å². The minimum Gasteiger partial charge on any atom is -0.497 e. The van der Waals surface area contributed by atoms with E-state index in [4.69, 9.17) is 14.2 Å². The molecule has 0 unspecified atom stereocenters. The van der Waals surface area contributed by atoms with E-state index in [-0.39, 0.29) is 27.6 Å². The largest absolute Gasteiger partial charge is 0.497 e. The predicted octanol–water partition coefficient (Wildman–Crippen LogP) is 4.45. The van der Waals surface area contributed by atoms with Gasteiger partial charge < -0.3 is 19.5 Å². The highest BCUT2D eigenvalue weighted by Gasteiger charge is 2.28. The number of hydrogen-bond acceptors (Lipinski definition) is 7. The lowest BCUT2D eigenvalue weighted by atomic mass is 10.1. The Morgan fingerprint density at radius 3 is 2.00 bits per heavy atom. The summed E-state index contributed by atoms with van der Waals surface area (Å²) in [4.78, 5) is 38.0. The maximum absolute atomic E-state index is 12.7. The average Bonchev–Trinajstić information content (AvgIpc) is 2.96. The number of anilines is 1. The standard InChI is InChI=1S/C21H25NO6S/c1-11(2)27-20(24)16-13(5)17(21(25)28-12(3)4)29-19(16)22-18(23)14-7-9-15(26-6)10-8-14/h7-12H,1-6H3,(H,22,23). The Hall–Kier alpha value is -2.87. The van der Waals surface area contributed by atoms with Crippen LogP contribution in [0, 0.1) is 6.92 Å². The summed E-state index contributed by atoms with van der Waals surface area (Å²) in [7, 11) is 1.54. The minimum absolute atomic E-state index is 0.154. The van der Waals surface area contributed by atoms with Crippen molar-refractivity contribution >= 4 is 34.2 Å². The van der Waals surface area contributed by atoms with Gasteiger partial charge in [-0.25, -0.2) is 9.59 Å². The quantitative estimate of drug-likeness (QED) is 0.667. The first-order chi connectivity index (χ1) is 13.6. The maximum Gasteiger partial charge on any atom is 0.348 e. The van der Waals surface area contributed by atoms with Crippen molar-refractivity contribution in [1.29, 1.82) is 0 Å². The molecule has 29 heavy (non-hydrogen) atoms. The van der Waals surface area contributed by atoms with Crippen LogP contribution in [0.1, 0.15) is 63.6 Å². The van der Waals surface area contributed by atoms with E-state index in [2.05, 4.69) is 5.32 Å². The Labute approximate surface area is 174 Å². The van der Waals surface area contributed by atoms with Gasteiger partial charge in [0.15, 0.2) is 0 Å². The summed E-state index contributed by atoms with van der Waals surface area (Å²) in [6.07, 6.45) is -0.662. The number of amides is 1. The molecule has 0 aliphatic heterocycles. The molecule has 0 aliphatic carbocycles. The second-order valence-corrected chi connectivity index (χ2v) is 7.87. The topological polar surface area (TPSA) is 90.9 Å². The highest BCUT2D eigenvalue weighted by atomic mass is 32.1. The van der Waals surface area contributed by atoms with E-state index in [0.29, 0.717) is 16.9 Å². The first kappa shape index (κ1) is 22.4. The normalized spacial score (nSPS) is 10.8. The van der Waals surface area contributed by atoms with Crippen LogP contribution in [0.2, 0.25) is 0 Å². The third-order valence-corrected chi connectivity index (χ3v) is 4.99. The van der Waals surface area contributed by atoms with Crippen LogP contribution in [0.15, 0.2) is 24.3 Å². The number of carbonyl (C=O) groups is 3. The van der Waals surface area contributed by atoms with E-state index in [9.17, 15) is 14.4 Å². The summed E-state index contributed by atoms with van der Waals surface area (Å²) in [6, 6.07) is 6.53. The van der Waals surface area contributed by atoms with Gasteiger partial charge in [0.1, 0.15) is 15.6 Å². The van der Waals surface area contributed by atoms with Crippen LogP contribution in [0.25, 0.3) is 0 Å². The second kappa shape index (κ2) is 9.56. The van der Waals surface area contributed by atoms with Crippen molar-refractivity contribution in [3.8, 4) is 5.75 Å². The summed E-state index contributed by atoms with van der Waals surface area (Å²) in [5.74, 6) is -0.960. The van der Waals surface area contributed by atoms with Gasteiger partial charge in [-0.05, 0) is 64.4 Å². The molecule has 1 heterocycles. The Bertz CT molecular complexity index is 899. The lowest BCUT2D eigenvalue weighted by molar-refractivity contribution is 0.0378. The van der Waals surface area contributed by atoms with Crippen LogP contribution < -0.4 is 10.1 Å². The number of benzene rings is 1. The van der Waals surface area contributed by atoms with Crippen molar-refractivity contribution in [3.63, 3.8) is 0 Å². The van der Waals surface area contributed by atoms with Gasteiger partial charge in [0.25, 0.3) is 5.91 Å². The van der Waals surface area contributed by atoms with Crippen LogP contribution in [0.4, 0.5) is 5.00 Å². The molecule has 1 aromatic heterocycles. The smallest absolute Gasteiger partial charge is 0.348 e. The third kappa shape index (κ3) is 5.57. The van der Waals surface area contributed by atoms with Crippen LogP contribution in [0.3, 0.4) is 0 Å². The van der Waals surface area contributed by atoms with Gasteiger partial charge in [0, 0.05) is 5.56 Å². The highest BCUT2D eigenvalue weighted by molar-refractivity contribution is 7.18. The van der Waals surface area contributed by atoms with Crippen molar-refractivity contribution < 1.29 is 28.6 Å². The van der Waals surface area contributed by atoms with Crippen LogP contribution in [-0.2, 0) is 9.47 Å². The highest BCUT2D eigenvalue weighted by Crippen LogP contribution is 2.35. The fourth-order valence-corrected chi connectivity index (χ4v) is 3.57. The maximum atomic E-state index is 12.7. The number of rotatable bonds is 7. The van der Waals surface area contributed by atoms with Crippen molar-refractivity contribution in [1.82, 2.24) is 0 Å². The molecule has 2 aromatic rings. The fraction of sp³-hybridized carbons (Fsp3) is 0.381. The summed E-state index contributed by atoms with van der Waals surface area (Å²) >= 11 is 0.990. The summed E-state index contributed by atoms with van der Waals surface area (Å²) in [6.45, 7) is 8.56. The van der Waals surface area contributed by atoms with E-state index in [1.54, 1.807) is 58.9 Å². The second-order valence-electron chi connectivity index (χ2n) is 6.85. The molecule has 0 bridgehead atoms. The zero-order valence-corrected chi connectivity index (χ0v) is 18.1. The number of esters is 2. The number of methoxy groups -OCH3 is 1. The SMILES string of the molecule is COc1ccc(C(=O)Nc2sc(C(=O)OC(C)C)c(C)c2C(=O)OC(C)C)cc1. The van der Waals surface area contributed by atoms with Crippen LogP contribution >= 0.6 is 11.3 Å². The number of thiophene rings is 1. The molecule has 7 nitrogen and oxygen atoms in total. The van der Waals surface area contributed by atoms with Gasteiger partial charge in [-0.2, -0.15) is 0 Å². The van der Waals surface area contributed by atoms with E-state index < -0.39 is 17.8 Å². The molecule has 0 radical (unpaired) electrons. The summed E-state index contributed by atoms with van der Waals surface area (Å²) in [5.41, 5.74) is 0.948. The molecule has 0 spiro atoms. The van der Waals surface area contributed by atoms with Gasteiger partial charge >= 0.3 is 11.9 Å². The zero-order valence-electron chi connectivity index (χ0n) is 17.3. The minimum atomic E-state index is -0.609. The van der Waals surface area contributed by atoms with Crippen LogP contribution in [-0.4, -0.2) is 37.2 Å². The van der Waals surface area contributed by atoms with Gasteiger partial charge in [-0.15, -0.1) is 11.3 Å². The Morgan fingerprint density at radius 2 is 1.48 bits per heavy atom. The molecule has 0 aliphatic rings. The molecule has 8 heteroatoms. The van der Waals surface area contributed by atoms with Crippen molar-refractivity contribution in [2.75, 3.05) is 12.4 Å². The lowest BCUT2D eigenvalue weighted by Gasteiger charge is -2.10.